The molecule has 2 unspecified atom stereocenters. The maximum Gasteiger partial charge on any atom is 0.161 e. The molecule has 106 valence electrons. The molecule has 1 aromatic rings. The van der Waals surface area contributed by atoms with E-state index in [9.17, 15) is 0 Å². The van der Waals surface area contributed by atoms with Crippen LogP contribution in [-0.4, -0.2) is 18.8 Å². The molecule has 2 rings (SSSR count). The van der Waals surface area contributed by atoms with Gasteiger partial charge in [0.25, 0.3) is 0 Å². The van der Waals surface area contributed by atoms with E-state index in [1.807, 2.05) is 31.2 Å². The van der Waals surface area contributed by atoms with Gasteiger partial charge in [-0.1, -0.05) is 19.1 Å². The minimum atomic E-state index is -0.0278. The van der Waals surface area contributed by atoms with Crippen LogP contribution in [0.15, 0.2) is 24.3 Å². The lowest BCUT2D eigenvalue weighted by Gasteiger charge is -2.24. The number of hydrogen-bond donors (Lipinski definition) is 1. The van der Waals surface area contributed by atoms with Gasteiger partial charge in [0.1, 0.15) is 0 Å². The molecule has 2 atom stereocenters. The van der Waals surface area contributed by atoms with Crippen molar-refractivity contribution in [3.63, 3.8) is 0 Å². The van der Waals surface area contributed by atoms with E-state index in [1.165, 1.54) is 6.42 Å². The second-order valence-corrected chi connectivity index (χ2v) is 5.69. The predicted octanol–water partition coefficient (Wildman–Crippen LogP) is 3.37. The molecule has 0 aromatic heterocycles. The Bertz CT molecular complexity index is 407. The van der Waals surface area contributed by atoms with Crippen LogP contribution in [0.4, 0.5) is 0 Å². The van der Waals surface area contributed by atoms with Crippen LogP contribution in [0, 0.1) is 5.92 Å². The van der Waals surface area contributed by atoms with Crippen LogP contribution >= 0.6 is 0 Å². The number of hydrogen-bond acceptors (Lipinski definition) is 3. The molecular formula is C16H25NO2. The Labute approximate surface area is 116 Å². The molecule has 0 bridgehead atoms. The van der Waals surface area contributed by atoms with Crippen molar-refractivity contribution in [2.24, 2.45) is 11.7 Å². The summed E-state index contributed by atoms with van der Waals surface area (Å²) in [5.41, 5.74) is 6.37. The van der Waals surface area contributed by atoms with Crippen molar-refractivity contribution in [3.05, 3.63) is 24.3 Å². The van der Waals surface area contributed by atoms with E-state index < -0.39 is 0 Å². The highest BCUT2D eigenvalue weighted by Gasteiger charge is 2.33. The average molecular weight is 263 g/mol. The molecule has 2 N–H and O–H groups in total. The molecule has 0 saturated heterocycles. The first-order valence-corrected chi connectivity index (χ1v) is 7.26. The molecule has 1 aliphatic carbocycles. The summed E-state index contributed by atoms with van der Waals surface area (Å²) in [5, 5.41) is 0. The average Bonchev–Trinajstić information content (AvgIpc) is 2.72. The molecule has 3 nitrogen and oxygen atoms in total. The summed E-state index contributed by atoms with van der Waals surface area (Å²) in [6.07, 6.45) is 4.39. The summed E-state index contributed by atoms with van der Waals surface area (Å²) in [6, 6.07) is 7.81. The van der Waals surface area contributed by atoms with Gasteiger partial charge < -0.3 is 15.2 Å². The van der Waals surface area contributed by atoms with E-state index in [-0.39, 0.29) is 5.54 Å². The SMILES string of the molecule is CCOc1ccccc1OCCC1(N)CCC(C)C1. The van der Waals surface area contributed by atoms with Crippen molar-refractivity contribution >= 4 is 0 Å². The highest BCUT2D eigenvalue weighted by atomic mass is 16.5. The second kappa shape index (κ2) is 6.29. The molecule has 0 spiro atoms. The van der Waals surface area contributed by atoms with Gasteiger partial charge in [0.2, 0.25) is 0 Å². The maximum atomic E-state index is 6.40. The fraction of sp³-hybridized carbons (Fsp3) is 0.625. The standard InChI is InChI=1S/C16H25NO2/c1-3-18-14-6-4-5-7-15(14)19-11-10-16(17)9-8-13(2)12-16/h4-7,13H,3,8-12,17H2,1-2H3. The summed E-state index contributed by atoms with van der Waals surface area (Å²) in [7, 11) is 0. The largest absolute Gasteiger partial charge is 0.490 e. The summed E-state index contributed by atoms with van der Waals surface area (Å²) < 4.78 is 11.4. The van der Waals surface area contributed by atoms with Gasteiger partial charge in [0.05, 0.1) is 13.2 Å². The van der Waals surface area contributed by atoms with E-state index in [4.69, 9.17) is 15.2 Å². The van der Waals surface area contributed by atoms with Crippen LogP contribution in [0.2, 0.25) is 0 Å². The van der Waals surface area contributed by atoms with Crippen LogP contribution in [-0.2, 0) is 0 Å². The molecule has 0 amide bonds. The zero-order valence-corrected chi connectivity index (χ0v) is 12.0. The van der Waals surface area contributed by atoms with E-state index in [1.54, 1.807) is 0 Å². The number of para-hydroxylation sites is 2. The molecule has 0 aliphatic heterocycles. The van der Waals surface area contributed by atoms with E-state index in [0.717, 1.165) is 36.7 Å². The molecular weight excluding hydrogens is 238 g/mol. The third-order valence-corrected chi connectivity index (χ3v) is 3.90. The summed E-state index contributed by atoms with van der Waals surface area (Å²) in [6.45, 7) is 5.57. The summed E-state index contributed by atoms with van der Waals surface area (Å²) in [4.78, 5) is 0. The van der Waals surface area contributed by atoms with Crippen LogP contribution in [0.3, 0.4) is 0 Å². The van der Waals surface area contributed by atoms with Crippen molar-refractivity contribution in [3.8, 4) is 11.5 Å². The van der Waals surface area contributed by atoms with Gasteiger partial charge in [-0.3, -0.25) is 0 Å². The number of nitrogens with two attached hydrogens (primary N) is 1. The van der Waals surface area contributed by atoms with Gasteiger partial charge in [0.15, 0.2) is 11.5 Å². The molecule has 19 heavy (non-hydrogen) atoms. The first-order valence-electron chi connectivity index (χ1n) is 7.26. The lowest BCUT2D eigenvalue weighted by atomic mass is 9.94. The zero-order chi connectivity index (χ0) is 13.7. The van der Waals surface area contributed by atoms with E-state index in [2.05, 4.69) is 6.92 Å². The van der Waals surface area contributed by atoms with Crippen molar-refractivity contribution in [1.29, 1.82) is 0 Å². The van der Waals surface area contributed by atoms with Gasteiger partial charge in [-0.25, -0.2) is 0 Å². The fourth-order valence-corrected chi connectivity index (χ4v) is 2.87. The second-order valence-electron chi connectivity index (χ2n) is 5.69. The summed E-state index contributed by atoms with van der Waals surface area (Å²) in [5.74, 6) is 2.38. The highest BCUT2D eigenvalue weighted by molar-refractivity contribution is 5.39. The van der Waals surface area contributed by atoms with Gasteiger partial charge >= 0.3 is 0 Å². The van der Waals surface area contributed by atoms with Crippen molar-refractivity contribution in [2.45, 2.75) is 45.1 Å². The third-order valence-electron chi connectivity index (χ3n) is 3.90. The molecule has 1 aromatic carbocycles. The van der Waals surface area contributed by atoms with E-state index >= 15 is 0 Å². The normalized spacial score (nSPS) is 26.4. The van der Waals surface area contributed by atoms with Crippen LogP contribution in [0.5, 0.6) is 11.5 Å². The number of rotatable bonds is 6. The Morgan fingerprint density at radius 1 is 1.26 bits per heavy atom. The molecule has 1 saturated carbocycles. The lowest BCUT2D eigenvalue weighted by molar-refractivity contribution is 0.239. The monoisotopic (exact) mass is 263 g/mol. The van der Waals surface area contributed by atoms with Gasteiger partial charge in [-0.05, 0) is 50.7 Å². The third kappa shape index (κ3) is 3.87. The van der Waals surface area contributed by atoms with Gasteiger partial charge in [-0.2, -0.15) is 0 Å². The minimum absolute atomic E-state index is 0.0278. The predicted molar refractivity (Wildman–Crippen MR) is 77.7 cm³/mol. The van der Waals surface area contributed by atoms with Crippen molar-refractivity contribution in [2.75, 3.05) is 13.2 Å². The zero-order valence-electron chi connectivity index (χ0n) is 12.0. The van der Waals surface area contributed by atoms with Crippen LogP contribution < -0.4 is 15.2 Å². The van der Waals surface area contributed by atoms with E-state index in [0.29, 0.717) is 13.2 Å². The Morgan fingerprint density at radius 3 is 2.53 bits per heavy atom. The number of ether oxygens (including phenoxy) is 2. The molecule has 0 radical (unpaired) electrons. The fourth-order valence-electron chi connectivity index (χ4n) is 2.87. The molecule has 1 fully saturated rings. The smallest absolute Gasteiger partial charge is 0.161 e. The maximum absolute atomic E-state index is 6.40. The lowest BCUT2D eigenvalue weighted by Crippen LogP contribution is -2.38. The van der Waals surface area contributed by atoms with Gasteiger partial charge in [-0.15, -0.1) is 0 Å². The topological polar surface area (TPSA) is 44.5 Å². The van der Waals surface area contributed by atoms with Gasteiger partial charge in [0, 0.05) is 5.54 Å². The van der Waals surface area contributed by atoms with Crippen LogP contribution in [0.1, 0.15) is 39.5 Å². The Balaban J connectivity index is 1.85. The summed E-state index contributed by atoms with van der Waals surface area (Å²) >= 11 is 0. The first-order chi connectivity index (χ1) is 9.13. The Kier molecular flexibility index (Phi) is 4.70. The van der Waals surface area contributed by atoms with Crippen molar-refractivity contribution in [1.82, 2.24) is 0 Å². The van der Waals surface area contributed by atoms with Crippen LogP contribution in [0.25, 0.3) is 0 Å². The minimum Gasteiger partial charge on any atom is -0.490 e. The Hall–Kier alpha value is -1.22. The Morgan fingerprint density at radius 2 is 1.95 bits per heavy atom. The van der Waals surface area contributed by atoms with Crippen molar-refractivity contribution < 1.29 is 9.47 Å². The molecule has 3 heteroatoms. The molecule has 0 heterocycles. The first kappa shape index (κ1) is 14.2. The molecule has 1 aliphatic rings. The quantitative estimate of drug-likeness (QED) is 0.855. The number of benzene rings is 1. The highest BCUT2D eigenvalue weighted by Crippen LogP contribution is 2.35.